The van der Waals surface area contributed by atoms with E-state index in [0.29, 0.717) is 0 Å². The normalized spacial score (nSPS) is 11.3. The van der Waals surface area contributed by atoms with Crippen molar-refractivity contribution in [3.05, 3.63) is 0 Å². The van der Waals surface area contributed by atoms with Crippen molar-refractivity contribution in [3.63, 3.8) is 0 Å². The van der Waals surface area contributed by atoms with Crippen molar-refractivity contribution >= 4 is 0 Å². The van der Waals surface area contributed by atoms with Crippen LogP contribution in [0.15, 0.2) is 0 Å². The highest BCUT2D eigenvalue weighted by Crippen LogP contribution is 2.15. The van der Waals surface area contributed by atoms with E-state index in [1.807, 2.05) is 0 Å². The maximum absolute atomic E-state index is 3.21. The number of rotatable bonds is 0. The molecule has 0 saturated heterocycles. The largest absolute Gasteiger partial charge is 0.0968 e. The Bertz CT molecular complexity index is 164. The molecular weight excluding hydrogens is 168 g/mol. The van der Waals surface area contributed by atoms with Crippen LogP contribution in [-0.4, -0.2) is 0 Å². The van der Waals surface area contributed by atoms with Crippen molar-refractivity contribution in [2.24, 2.45) is 16.7 Å². The molecule has 0 aliphatic rings. The molecule has 0 radical (unpaired) electrons. The summed E-state index contributed by atoms with van der Waals surface area (Å²) in [6.07, 6.45) is 0. The molecule has 0 unspecified atom stereocenters. The van der Waals surface area contributed by atoms with E-state index in [0.717, 1.165) is 5.92 Å². The Labute approximate surface area is 91.5 Å². The monoisotopic (exact) mass is 196 g/mol. The van der Waals surface area contributed by atoms with Crippen molar-refractivity contribution in [1.29, 1.82) is 0 Å². The van der Waals surface area contributed by atoms with E-state index in [1.54, 1.807) is 0 Å². The first kappa shape index (κ1) is 16.0. The summed E-state index contributed by atoms with van der Waals surface area (Å²) in [5.41, 5.74) is 0.292. The van der Waals surface area contributed by atoms with Gasteiger partial charge >= 0.3 is 0 Å². The van der Waals surface area contributed by atoms with Gasteiger partial charge in [-0.3, -0.25) is 0 Å². The summed E-state index contributed by atoms with van der Waals surface area (Å²) in [5, 5.41) is 0. The van der Waals surface area contributed by atoms with Crippen LogP contribution in [-0.2, 0) is 0 Å². The fraction of sp³-hybridized carbons (Fsp3) is 0.857. The molecule has 0 saturated carbocycles. The molecule has 0 heterocycles. The van der Waals surface area contributed by atoms with Crippen LogP contribution in [0.5, 0.6) is 0 Å². The highest BCUT2D eigenvalue weighted by molar-refractivity contribution is 5.12. The SMILES string of the molecule is CC(C)(C)C#CC(C)(C)C.CC(C)C. The summed E-state index contributed by atoms with van der Waals surface area (Å²) in [5.74, 6) is 7.26. The van der Waals surface area contributed by atoms with Crippen LogP contribution >= 0.6 is 0 Å². The summed E-state index contributed by atoms with van der Waals surface area (Å²) in [7, 11) is 0. The zero-order valence-corrected chi connectivity index (χ0v) is 11.6. The molecule has 84 valence electrons. The van der Waals surface area contributed by atoms with Gasteiger partial charge in [-0.25, -0.2) is 0 Å². The third-order valence-corrected chi connectivity index (χ3v) is 0.812. The van der Waals surface area contributed by atoms with Gasteiger partial charge in [0.15, 0.2) is 0 Å². The van der Waals surface area contributed by atoms with Gasteiger partial charge in [0.05, 0.1) is 0 Å². The van der Waals surface area contributed by atoms with Gasteiger partial charge in [-0.15, -0.1) is 0 Å². The van der Waals surface area contributed by atoms with Crippen LogP contribution < -0.4 is 0 Å². The first-order chi connectivity index (χ1) is 5.94. The minimum Gasteiger partial charge on any atom is -0.0968 e. The predicted octanol–water partition coefficient (Wildman–Crippen LogP) is 4.74. The van der Waals surface area contributed by atoms with Gasteiger partial charge in [0.1, 0.15) is 0 Å². The minimum absolute atomic E-state index is 0.146. The quantitative estimate of drug-likeness (QED) is 0.491. The van der Waals surface area contributed by atoms with E-state index in [-0.39, 0.29) is 10.8 Å². The van der Waals surface area contributed by atoms with Crippen molar-refractivity contribution < 1.29 is 0 Å². The van der Waals surface area contributed by atoms with Gasteiger partial charge in [0, 0.05) is 10.8 Å². The molecular formula is C14H28. The third-order valence-electron chi connectivity index (χ3n) is 0.812. The van der Waals surface area contributed by atoms with Gasteiger partial charge in [0.2, 0.25) is 0 Å². The van der Waals surface area contributed by atoms with E-state index in [2.05, 4.69) is 74.2 Å². The molecule has 0 nitrogen and oxygen atoms in total. The standard InChI is InChI=1S/C10H18.C4H10/c1-9(2,3)7-8-10(4,5)6;1-4(2)3/h1-6H3;4H,1-3H3. The van der Waals surface area contributed by atoms with Gasteiger partial charge < -0.3 is 0 Å². The summed E-state index contributed by atoms with van der Waals surface area (Å²) in [6.45, 7) is 19.3. The smallest absolute Gasteiger partial charge is 0.0230 e. The maximum atomic E-state index is 3.21. The fourth-order valence-electron chi connectivity index (χ4n) is 0.375. The third kappa shape index (κ3) is 30.0. The summed E-state index contributed by atoms with van der Waals surface area (Å²) in [4.78, 5) is 0. The molecule has 0 rings (SSSR count). The molecule has 0 aliphatic carbocycles. The van der Waals surface area contributed by atoms with E-state index >= 15 is 0 Å². The van der Waals surface area contributed by atoms with Crippen molar-refractivity contribution in [2.45, 2.75) is 62.3 Å². The molecule has 0 bridgehead atoms. The zero-order chi connectivity index (χ0) is 12.0. The average Bonchev–Trinajstić information content (AvgIpc) is 1.79. The number of hydrogen-bond donors (Lipinski definition) is 0. The lowest BCUT2D eigenvalue weighted by molar-refractivity contribution is 0.543. The van der Waals surface area contributed by atoms with Crippen molar-refractivity contribution in [3.8, 4) is 11.8 Å². The zero-order valence-electron chi connectivity index (χ0n) is 11.6. The summed E-state index contributed by atoms with van der Waals surface area (Å²) >= 11 is 0. The highest BCUT2D eigenvalue weighted by Gasteiger charge is 2.07. The second-order valence-corrected chi connectivity index (χ2v) is 6.48. The van der Waals surface area contributed by atoms with Crippen LogP contribution in [0.2, 0.25) is 0 Å². The first-order valence-electron chi connectivity index (χ1n) is 5.48. The van der Waals surface area contributed by atoms with Crippen LogP contribution in [0.1, 0.15) is 62.3 Å². The Morgan fingerprint density at radius 2 is 0.786 bits per heavy atom. The lowest BCUT2D eigenvalue weighted by atomic mass is 9.92. The summed E-state index contributed by atoms with van der Waals surface area (Å²) in [6, 6.07) is 0. The maximum Gasteiger partial charge on any atom is 0.0230 e. The molecule has 0 atom stereocenters. The molecule has 0 fully saturated rings. The molecule has 0 aliphatic heterocycles. The second-order valence-electron chi connectivity index (χ2n) is 6.48. The lowest BCUT2D eigenvalue weighted by Gasteiger charge is -2.12. The Balaban J connectivity index is 0. The molecule has 0 aromatic heterocycles. The van der Waals surface area contributed by atoms with Crippen molar-refractivity contribution in [1.82, 2.24) is 0 Å². The average molecular weight is 196 g/mol. The molecule has 0 amide bonds. The lowest BCUT2D eigenvalue weighted by Crippen LogP contribution is -2.05. The Kier molecular flexibility index (Phi) is 7.00. The van der Waals surface area contributed by atoms with E-state index in [9.17, 15) is 0 Å². The Morgan fingerprint density at radius 1 is 0.643 bits per heavy atom. The van der Waals surface area contributed by atoms with E-state index < -0.39 is 0 Å². The van der Waals surface area contributed by atoms with Gasteiger partial charge in [0.25, 0.3) is 0 Å². The Hall–Kier alpha value is -0.440. The number of hydrogen-bond acceptors (Lipinski definition) is 0. The van der Waals surface area contributed by atoms with Crippen molar-refractivity contribution in [2.75, 3.05) is 0 Å². The topological polar surface area (TPSA) is 0 Å². The van der Waals surface area contributed by atoms with E-state index in [4.69, 9.17) is 0 Å². The Morgan fingerprint density at radius 3 is 0.857 bits per heavy atom. The minimum atomic E-state index is 0.146. The molecule has 0 N–H and O–H groups in total. The predicted molar refractivity (Wildman–Crippen MR) is 67.2 cm³/mol. The second kappa shape index (κ2) is 6.12. The fourth-order valence-corrected chi connectivity index (χ4v) is 0.375. The molecule has 14 heavy (non-hydrogen) atoms. The summed E-state index contributed by atoms with van der Waals surface area (Å²) < 4.78 is 0. The van der Waals surface area contributed by atoms with Crippen LogP contribution in [0.4, 0.5) is 0 Å². The first-order valence-corrected chi connectivity index (χ1v) is 5.48. The van der Waals surface area contributed by atoms with Gasteiger partial charge in [-0.1, -0.05) is 32.6 Å². The molecule has 0 spiro atoms. The van der Waals surface area contributed by atoms with Gasteiger partial charge in [-0.2, -0.15) is 0 Å². The molecule has 0 heteroatoms. The van der Waals surface area contributed by atoms with Crippen LogP contribution in [0, 0.1) is 28.6 Å². The van der Waals surface area contributed by atoms with Gasteiger partial charge in [-0.05, 0) is 47.5 Å². The van der Waals surface area contributed by atoms with E-state index in [1.165, 1.54) is 0 Å². The highest BCUT2D eigenvalue weighted by atomic mass is 14.1. The molecule has 0 aromatic carbocycles. The van der Waals surface area contributed by atoms with Crippen LogP contribution in [0.25, 0.3) is 0 Å². The molecule has 0 aromatic rings. The van der Waals surface area contributed by atoms with Crippen LogP contribution in [0.3, 0.4) is 0 Å².